The molecule has 22 heavy (non-hydrogen) atoms. The van der Waals surface area contributed by atoms with E-state index in [0.29, 0.717) is 18.8 Å². The standard InChI is InChI=1S/C16H17N3O3/c1-4-22-16(20)15-14-8-17-10(2)12-7-11(21-3)5-6-13(12)19(14)9-18-15/h5-7,9H,4,8H2,1-3H3. The summed E-state index contributed by atoms with van der Waals surface area (Å²) >= 11 is 0. The van der Waals surface area contributed by atoms with Crippen LogP contribution in [0.5, 0.6) is 5.75 Å². The van der Waals surface area contributed by atoms with Crippen molar-refractivity contribution in [2.45, 2.75) is 20.4 Å². The molecule has 1 aromatic carbocycles. The first-order valence-corrected chi connectivity index (χ1v) is 7.09. The van der Waals surface area contributed by atoms with Crippen LogP contribution in [0.1, 0.15) is 35.6 Å². The van der Waals surface area contributed by atoms with E-state index in [1.54, 1.807) is 20.4 Å². The molecule has 1 aliphatic rings. The van der Waals surface area contributed by atoms with Gasteiger partial charge in [0.2, 0.25) is 0 Å². The van der Waals surface area contributed by atoms with E-state index < -0.39 is 5.97 Å². The third-order valence-corrected chi connectivity index (χ3v) is 3.65. The van der Waals surface area contributed by atoms with Crippen LogP contribution in [0, 0.1) is 0 Å². The summed E-state index contributed by atoms with van der Waals surface area (Å²) in [6.45, 7) is 4.43. The van der Waals surface area contributed by atoms with Gasteiger partial charge in [-0.1, -0.05) is 0 Å². The summed E-state index contributed by atoms with van der Waals surface area (Å²) < 4.78 is 12.2. The summed E-state index contributed by atoms with van der Waals surface area (Å²) in [5.74, 6) is 0.351. The van der Waals surface area contributed by atoms with E-state index in [2.05, 4.69) is 9.98 Å². The molecular formula is C16H17N3O3. The van der Waals surface area contributed by atoms with E-state index in [4.69, 9.17) is 9.47 Å². The lowest BCUT2D eigenvalue weighted by molar-refractivity contribution is 0.0518. The summed E-state index contributed by atoms with van der Waals surface area (Å²) in [4.78, 5) is 20.8. The quantitative estimate of drug-likeness (QED) is 0.816. The molecule has 0 saturated heterocycles. The maximum absolute atomic E-state index is 12.0. The van der Waals surface area contributed by atoms with Crippen molar-refractivity contribution in [2.24, 2.45) is 4.99 Å². The smallest absolute Gasteiger partial charge is 0.358 e. The van der Waals surface area contributed by atoms with Gasteiger partial charge in [0, 0.05) is 11.3 Å². The van der Waals surface area contributed by atoms with Gasteiger partial charge in [-0.25, -0.2) is 9.78 Å². The van der Waals surface area contributed by atoms with Gasteiger partial charge >= 0.3 is 5.97 Å². The van der Waals surface area contributed by atoms with E-state index >= 15 is 0 Å². The average molecular weight is 299 g/mol. The molecule has 3 rings (SSSR count). The number of methoxy groups -OCH3 is 1. The number of carbonyl (C=O) groups is 1. The highest BCUT2D eigenvalue weighted by atomic mass is 16.5. The first kappa shape index (κ1) is 14.3. The Labute approximate surface area is 128 Å². The Morgan fingerprint density at radius 2 is 2.23 bits per heavy atom. The van der Waals surface area contributed by atoms with Gasteiger partial charge < -0.3 is 9.47 Å². The molecule has 0 spiro atoms. The second-order valence-electron chi connectivity index (χ2n) is 4.92. The van der Waals surface area contributed by atoms with Crippen molar-refractivity contribution >= 4 is 11.7 Å². The predicted molar refractivity (Wildman–Crippen MR) is 82.0 cm³/mol. The normalized spacial score (nSPS) is 12.8. The molecule has 2 heterocycles. The Hall–Kier alpha value is -2.63. The number of nitrogens with zero attached hydrogens (tertiary/aromatic N) is 3. The minimum Gasteiger partial charge on any atom is -0.497 e. The van der Waals surface area contributed by atoms with Crippen molar-refractivity contribution in [1.29, 1.82) is 0 Å². The first-order valence-electron chi connectivity index (χ1n) is 7.09. The molecule has 0 fully saturated rings. The number of hydrogen-bond donors (Lipinski definition) is 0. The van der Waals surface area contributed by atoms with Crippen LogP contribution in [0.15, 0.2) is 29.5 Å². The minimum absolute atomic E-state index is 0.321. The van der Waals surface area contributed by atoms with Gasteiger partial charge in [0.15, 0.2) is 5.69 Å². The molecule has 1 aromatic heterocycles. The second kappa shape index (κ2) is 5.63. The highest BCUT2D eigenvalue weighted by molar-refractivity contribution is 6.03. The van der Waals surface area contributed by atoms with Gasteiger partial charge in [-0.15, -0.1) is 0 Å². The molecule has 0 unspecified atom stereocenters. The van der Waals surface area contributed by atoms with Gasteiger partial charge in [-0.05, 0) is 32.0 Å². The zero-order chi connectivity index (χ0) is 15.7. The molecule has 6 nitrogen and oxygen atoms in total. The molecule has 0 atom stereocenters. The number of hydrogen-bond acceptors (Lipinski definition) is 5. The van der Waals surface area contributed by atoms with Gasteiger partial charge in [0.1, 0.15) is 12.1 Å². The van der Waals surface area contributed by atoms with Gasteiger partial charge in [-0.2, -0.15) is 0 Å². The molecule has 0 saturated carbocycles. The third-order valence-electron chi connectivity index (χ3n) is 3.65. The second-order valence-corrected chi connectivity index (χ2v) is 4.92. The fraction of sp³-hybridized carbons (Fsp3) is 0.312. The van der Waals surface area contributed by atoms with E-state index in [9.17, 15) is 4.79 Å². The minimum atomic E-state index is -0.416. The Balaban J connectivity index is 2.15. The molecule has 0 aliphatic carbocycles. The fourth-order valence-electron chi connectivity index (χ4n) is 2.52. The lowest BCUT2D eigenvalue weighted by atomic mass is 10.1. The Bertz CT molecular complexity index is 762. The number of fused-ring (bicyclic) bond motifs is 3. The van der Waals surface area contributed by atoms with Crippen molar-refractivity contribution < 1.29 is 14.3 Å². The average Bonchev–Trinajstić information content (AvgIpc) is 2.90. The number of ether oxygens (including phenoxy) is 2. The summed E-state index contributed by atoms with van der Waals surface area (Å²) in [5.41, 5.74) is 3.85. The number of imidazole rings is 1. The van der Waals surface area contributed by atoms with Crippen LogP contribution in [0.3, 0.4) is 0 Å². The highest BCUT2D eigenvalue weighted by Crippen LogP contribution is 2.27. The molecule has 0 bridgehead atoms. The van der Waals surface area contributed by atoms with Crippen LogP contribution in [0.2, 0.25) is 0 Å². The highest BCUT2D eigenvalue weighted by Gasteiger charge is 2.23. The van der Waals surface area contributed by atoms with Crippen molar-refractivity contribution in [3.8, 4) is 11.4 Å². The molecular weight excluding hydrogens is 282 g/mol. The van der Waals surface area contributed by atoms with Gasteiger partial charge in [-0.3, -0.25) is 9.56 Å². The van der Waals surface area contributed by atoms with Crippen LogP contribution in [-0.2, 0) is 11.3 Å². The molecule has 2 aromatic rings. The topological polar surface area (TPSA) is 65.7 Å². The molecule has 0 N–H and O–H groups in total. The van der Waals surface area contributed by atoms with Gasteiger partial charge in [0.25, 0.3) is 0 Å². The number of rotatable bonds is 3. The summed E-state index contributed by atoms with van der Waals surface area (Å²) in [6.07, 6.45) is 1.64. The zero-order valence-electron chi connectivity index (χ0n) is 12.8. The fourth-order valence-corrected chi connectivity index (χ4v) is 2.52. The van der Waals surface area contributed by atoms with Crippen molar-refractivity contribution in [2.75, 3.05) is 13.7 Å². The predicted octanol–water partition coefficient (Wildman–Crippen LogP) is 2.38. The molecule has 6 heteroatoms. The summed E-state index contributed by atoms with van der Waals surface area (Å²) in [6, 6.07) is 5.76. The SMILES string of the molecule is CCOC(=O)c1ncn2c1CN=C(C)c1cc(OC)ccc1-2. The Morgan fingerprint density at radius 1 is 1.41 bits per heavy atom. The van der Waals surface area contributed by atoms with Crippen molar-refractivity contribution in [3.05, 3.63) is 41.5 Å². The number of esters is 1. The van der Waals surface area contributed by atoms with Crippen LogP contribution in [0.25, 0.3) is 5.69 Å². The molecule has 0 radical (unpaired) electrons. The Kier molecular flexibility index (Phi) is 3.66. The van der Waals surface area contributed by atoms with E-state index in [0.717, 1.165) is 28.4 Å². The van der Waals surface area contributed by atoms with Crippen LogP contribution >= 0.6 is 0 Å². The van der Waals surface area contributed by atoms with Crippen LogP contribution < -0.4 is 4.74 Å². The van der Waals surface area contributed by atoms with E-state index in [1.807, 2.05) is 29.7 Å². The van der Waals surface area contributed by atoms with Crippen molar-refractivity contribution in [1.82, 2.24) is 9.55 Å². The van der Waals surface area contributed by atoms with Crippen LogP contribution in [0.4, 0.5) is 0 Å². The molecule has 114 valence electrons. The van der Waals surface area contributed by atoms with Crippen LogP contribution in [-0.4, -0.2) is 34.9 Å². The van der Waals surface area contributed by atoms with Crippen molar-refractivity contribution in [3.63, 3.8) is 0 Å². The molecule has 1 aliphatic heterocycles. The monoisotopic (exact) mass is 299 g/mol. The van der Waals surface area contributed by atoms with E-state index in [-0.39, 0.29) is 0 Å². The number of benzene rings is 1. The third kappa shape index (κ3) is 2.26. The molecule has 0 amide bonds. The number of carbonyl (C=O) groups excluding carboxylic acids is 1. The Morgan fingerprint density at radius 3 is 2.95 bits per heavy atom. The maximum atomic E-state index is 12.0. The lowest BCUT2D eigenvalue weighted by Gasteiger charge is -2.11. The zero-order valence-corrected chi connectivity index (χ0v) is 12.8. The number of aromatic nitrogens is 2. The van der Waals surface area contributed by atoms with Gasteiger partial charge in [0.05, 0.1) is 31.6 Å². The first-order chi connectivity index (χ1) is 10.7. The summed E-state index contributed by atoms with van der Waals surface area (Å²) in [7, 11) is 1.63. The number of aliphatic imine (C=N–C) groups is 1. The summed E-state index contributed by atoms with van der Waals surface area (Å²) in [5, 5.41) is 0. The largest absolute Gasteiger partial charge is 0.497 e. The van der Waals surface area contributed by atoms with E-state index in [1.165, 1.54) is 0 Å². The lowest BCUT2D eigenvalue weighted by Crippen LogP contribution is -2.09. The maximum Gasteiger partial charge on any atom is 0.358 e.